The topological polar surface area (TPSA) is 20.2 Å². The molecule has 2 atom stereocenters. The van der Waals surface area contributed by atoms with E-state index in [-0.39, 0.29) is 22.2 Å². The second kappa shape index (κ2) is 4.28. The van der Waals surface area contributed by atoms with Crippen molar-refractivity contribution < 1.29 is 5.11 Å². The van der Waals surface area contributed by atoms with Gasteiger partial charge >= 0.3 is 0 Å². The summed E-state index contributed by atoms with van der Waals surface area (Å²) >= 11 is 1.90. The highest BCUT2D eigenvalue weighted by Crippen LogP contribution is 2.55. The fourth-order valence-electron chi connectivity index (χ4n) is 2.87. The first kappa shape index (κ1) is 14.0. The van der Waals surface area contributed by atoms with E-state index in [1.165, 1.54) is 16.0 Å². The molecule has 0 spiro atoms. The molecule has 1 heterocycles. The third kappa shape index (κ3) is 1.90. The van der Waals surface area contributed by atoms with Crippen LogP contribution in [0.25, 0.3) is 0 Å². The summed E-state index contributed by atoms with van der Waals surface area (Å²) in [6, 6.07) is 6.46. The van der Waals surface area contributed by atoms with Crippen LogP contribution in [0.5, 0.6) is 0 Å². The Morgan fingerprint density at radius 3 is 2.39 bits per heavy atom. The molecule has 0 saturated carbocycles. The van der Waals surface area contributed by atoms with Crippen LogP contribution >= 0.6 is 11.8 Å². The smallest absolute Gasteiger partial charge is 0.0670 e. The molecule has 0 aliphatic carbocycles. The Kier molecular flexibility index (Phi) is 3.31. The minimum absolute atomic E-state index is 0.0136. The van der Waals surface area contributed by atoms with Gasteiger partial charge in [0.05, 0.1) is 6.10 Å². The van der Waals surface area contributed by atoms with Gasteiger partial charge in [-0.05, 0) is 38.0 Å². The molecule has 0 amide bonds. The Bertz CT molecular complexity index is 462. The van der Waals surface area contributed by atoms with Crippen molar-refractivity contribution in [1.29, 1.82) is 0 Å². The van der Waals surface area contributed by atoms with Gasteiger partial charge in [-0.25, -0.2) is 0 Å². The monoisotopic (exact) mass is 264 g/mol. The van der Waals surface area contributed by atoms with E-state index in [4.69, 9.17) is 0 Å². The minimum Gasteiger partial charge on any atom is -0.392 e. The molecule has 1 aliphatic heterocycles. The molecule has 1 aromatic rings. The normalized spacial score (nSPS) is 29.5. The zero-order valence-electron chi connectivity index (χ0n) is 12.2. The zero-order valence-corrected chi connectivity index (χ0v) is 13.1. The number of aliphatic hydroxyl groups is 1. The fourth-order valence-corrected chi connectivity index (χ4v) is 4.41. The maximum atomic E-state index is 10.8. The summed E-state index contributed by atoms with van der Waals surface area (Å²) in [4.78, 5) is 1.33. The van der Waals surface area contributed by atoms with Gasteiger partial charge in [-0.2, -0.15) is 0 Å². The Labute approximate surface area is 115 Å². The van der Waals surface area contributed by atoms with Crippen molar-refractivity contribution in [3.8, 4) is 0 Å². The molecule has 0 saturated heterocycles. The SMILES string of the molecule is Cc1cccc2c1[C@H](C)[C@H](O)C(C)(C)C(C)(C)S2. The van der Waals surface area contributed by atoms with Gasteiger partial charge in [0.2, 0.25) is 0 Å². The van der Waals surface area contributed by atoms with Crippen molar-refractivity contribution in [2.24, 2.45) is 5.41 Å². The molecule has 0 unspecified atom stereocenters. The summed E-state index contributed by atoms with van der Waals surface area (Å²) in [6.07, 6.45) is -0.317. The fraction of sp³-hybridized carbons (Fsp3) is 0.625. The first-order valence-corrected chi connectivity index (χ1v) is 7.46. The molecular formula is C16H24OS. The number of benzene rings is 1. The van der Waals surface area contributed by atoms with Gasteiger partial charge in [-0.1, -0.05) is 32.9 Å². The van der Waals surface area contributed by atoms with Crippen molar-refractivity contribution in [3.05, 3.63) is 29.3 Å². The Morgan fingerprint density at radius 2 is 1.78 bits per heavy atom. The summed E-state index contributed by atoms with van der Waals surface area (Å²) in [5, 5.41) is 10.8. The number of rotatable bonds is 0. The lowest BCUT2D eigenvalue weighted by molar-refractivity contribution is 0.0137. The lowest BCUT2D eigenvalue weighted by Crippen LogP contribution is -2.46. The molecular weight excluding hydrogens is 240 g/mol. The Balaban J connectivity index is 2.64. The van der Waals surface area contributed by atoms with Crippen LogP contribution in [0.3, 0.4) is 0 Å². The van der Waals surface area contributed by atoms with Crippen molar-refractivity contribution in [1.82, 2.24) is 0 Å². The molecule has 100 valence electrons. The molecule has 0 aromatic heterocycles. The largest absolute Gasteiger partial charge is 0.392 e. The summed E-state index contributed by atoms with van der Waals surface area (Å²) < 4.78 is 0.0136. The van der Waals surface area contributed by atoms with Crippen LogP contribution in [0.4, 0.5) is 0 Å². The van der Waals surface area contributed by atoms with Gasteiger partial charge in [-0.3, -0.25) is 0 Å². The lowest BCUT2D eigenvalue weighted by Gasteiger charge is -2.43. The molecule has 18 heavy (non-hydrogen) atoms. The number of hydrogen-bond acceptors (Lipinski definition) is 2. The van der Waals surface area contributed by atoms with Crippen LogP contribution < -0.4 is 0 Å². The summed E-state index contributed by atoms with van der Waals surface area (Å²) in [5.74, 6) is 0.186. The standard InChI is InChI=1S/C16H24OS/c1-10-8-7-9-12-13(10)11(2)14(17)15(3,4)16(5,6)18-12/h7-9,11,14,17H,1-6H3/t11-,14-/m0/s1. The van der Waals surface area contributed by atoms with Crippen molar-refractivity contribution in [3.63, 3.8) is 0 Å². The summed E-state index contributed by atoms with van der Waals surface area (Å²) in [6.45, 7) is 13.1. The van der Waals surface area contributed by atoms with Crippen LogP contribution in [0, 0.1) is 12.3 Å². The molecule has 1 aromatic carbocycles. The lowest BCUT2D eigenvalue weighted by atomic mass is 9.70. The second-order valence-corrected chi connectivity index (χ2v) is 8.22. The highest BCUT2D eigenvalue weighted by atomic mass is 32.2. The van der Waals surface area contributed by atoms with E-state index in [9.17, 15) is 5.11 Å². The van der Waals surface area contributed by atoms with Gasteiger partial charge < -0.3 is 5.11 Å². The Morgan fingerprint density at radius 1 is 1.17 bits per heavy atom. The molecule has 1 nitrogen and oxygen atoms in total. The van der Waals surface area contributed by atoms with Crippen LogP contribution in [-0.4, -0.2) is 16.0 Å². The predicted molar refractivity (Wildman–Crippen MR) is 79.3 cm³/mol. The molecule has 2 rings (SSSR count). The second-order valence-electron chi connectivity index (χ2n) is 6.55. The minimum atomic E-state index is -0.317. The Hall–Kier alpha value is -0.470. The van der Waals surface area contributed by atoms with E-state index in [0.717, 1.165) is 0 Å². The molecule has 0 bridgehead atoms. The maximum Gasteiger partial charge on any atom is 0.0670 e. The third-order valence-electron chi connectivity index (χ3n) is 4.87. The highest BCUT2D eigenvalue weighted by Gasteiger charge is 2.48. The van der Waals surface area contributed by atoms with Crippen molar-refractivity contribution in [2.75, 3.05) is 0 Å². The van der Waals surface area contributed by atoms with E-state index in [1.54, 1.807) is 0 Å². The quantitative estimate of drug-likeness (QED) is 0.751. The van der Waals surface area contributed by atoms with Crippen LogP contribution in [-0.2, 0) is 0 Å². The van der Waals surface area contributed by atoms with Gasteiger partial charge in [0.25, 0.3) is 0 Å². The number of fused-ring (bicyclic) bond motifs is 1. The van der Waals surface area contributed by atoms with Crippen LogP contribution in [0.1, 0.15) is 51.7 Å². The van der Waals surface area contributed by atoms with E-state index >= 15 is 0 Å². The summed E-state index contributed by atoms with van der Waals surface area (Å²) in [7, 11) is 0. The first-order valence-electron chi connectivity index (χ1n) is 6.65. The van der Waals surface area contributed by atoms with Crippen molar-refractivity contribution in [2.45, 2.75) is 63.2 Å². The molecule has 0 fully saturated rings. The van der Waals surface area contributed by atoms with E-state index in [1.807, 2.05) is 11.8 Å². The van der Waals surface area contributed by atoms with Crippen molar-refractivity contribution >= 4 is 11.8 Å². The van der Waals surface area contributed by atoms with Gasteiger partial charge in [0.1, 0.15) is 0 Å². The molecule has 2 heteroatoms. The maximum absolute atomic E-state index is 10.8. The van der Waals surface area contributed by atoms with Crippen LogP contribution in [0.15, 0.2) is 23.1 Å². The predicted octanol–water partition coefficient (Wildman–Crippen LogP) is 4.37. The van der Waals surface area contributed by atoms with E-state index in [2.05, 4.69) is 59.7 Å². The molecule has 1 N–H and O–H groups in total. The molecule has 0 radical (unpaired) electrons. The van der Waals surface area contributed by atoms with Gasteiger partial charge in [-0.15, -0.1) is 11.8 Å². The number of thioether (sulfide) groups is 1. The average Bonchev–Trinajstić information content (AvgIpc) is 2.30. The zero-order chi connectivity index (χ0) is 13.7. The van der Waals surface area contributed by atoms with Gasteiger partial charge in [0, 0.05) is 21.0 Å². The highest BCUT2D eigenvalue weighted by molar-refractivity contribution is 8.00. The first-order chi connectivity index (χ1) is 8.18. The third-order valence-corrected chi connectivity index (χ3v) is 6.48. The van der Waals surface area contributed by atoms with E-state index < -0.39 is 0 Å². The number of aliphatic hydroxyl groups excluding tert-OH is 1. The number of hydrogen-bond donors (Lipinski definition) is 1. The average molecular weight is 264 g/mol. The van der Waals surface area contributed by atoms with Crippen LogP contribution in [0.2, 0.25) is 0 Å². The number of aryl methyl sites for hydroxylation is 1. The van der Waals surface area contributed by atoms with E-state index in [0.29, 0.717) is 0 Å². The summed E-state index contributed by atoms with van der Waals surface area (Å²) in [5.41, 5.74) is 2.50. The molecule has 1 aliphatic rings. The van der Waals surface area contributed by atoms with Gasteiger partial charge in [0.15, 0.2) is 0 Å².